The van der Waals surface area contributed by atoms with Crippen LogP contribution in [-0.4, -0.2) is 30.2 Å². The summed E-state index contributed by atoms with van der Waals surface area (Å²) in [4.78, 5) is 40.9. The fraction of sp³-hybridized carbons (Fsp3) is 0.259. The molecule has 186 valence electrons. The first-order chi connectivity index (χ1) is 17.2. The largest absolute Gasteiger partial charge is 0.485 e. The van der Waals surface area contributed by atoms with Crippen LogP contribution in [0.4, 0.5) is 21.6 Å². The van der Waals surface area contributed by atoms with E-state index in [1.54, 1.807) is 19.9 Å². The van der Waals surface area contributed by atoms with E-state index >= 15 is 0 Å². The van der Waals surface area contributed by atoms with Gasteiger partial charge < -0.3 is 20.1 Å². The molecule has 9 heteroatoms. The van der Waals surface area contributed by atoms with Crippen LogP contribution in [-0.2, 0) is 16.0 Å². The fourth-order valence-electron chi connectivity index (χ4n) is 3.91. The van der Waals surface area contributed by atoms with E-state index in [0.29, 0.717) is 11.2 Å². The number of benzene rings is 2. The summed E-state index contributed by atoms with van der Waals surface area (Å²) in [6, 6.07) is 12.8. The van der Waals surface area contributed by atoms with Gasteiger partial charge in [0.1, 0.15) is 23.4 Å². The Morgan fingerprint density at radius 2 is 1.78 bits per heavy atom. The van der Waals surface area contributed by atoms with Crippen molar-refractivity contribution in [3.8, 4) is 5.75 Å². The minimum absolute atomic E-state index is 0.0213. The van der Waals surface area contributed by atoms with Crippen LogP contribution in [0.25, 0.3) is 10.8 Å². The van der Waals surface area contributed by atoms with Crippen LogP contribution in [0.1, 0.15) is 25.1 Å². The molecule has 1 aromatic heterocycles. The van der Waals surface area contributed by atoms with Crippen molar-refractivity contribution in [1.82, 2.24) is 4.98 Å². The molecular weight excluding hydrogens is 465 g/mol. The summed E-state index contributed by atoms with van der Waals surface area (Å²) < 4.78 is 24.1. The van der Waals surface area contributed by atoms with Gasteiger partial charge in [-0.3, -0.25) is 9.59 Å². The molecule has 0 bridgehead atoms. The van der Waals surface area contributed by atoms with Gasteiger partial charge >= 0.3 is 5.97 Å². The number of aryl methyl sites for hydroxylation is 1. The Kier molecular flexibility index (Phi) is 7.00. The van der Waals surface area contributed by atoms with Gasteiger partial charge in [-0.1, -0.05) is 18.2 Å². The van der Waals surface area contributed by atoms with Crippen LogP contribution in [0.2, 0.25) is 0 Å². The molecule has 1 unspecified atom stereocenters. The molecule has 0 saturated carbocycles. The summed E-state index contributed by atoms with van der Waals surface area (Å²) in [6.07, 6.45) is -0.106. The molecule has 0 saturated heterocycles. The second kappa shape index (κ2) is 10.2. The first-order valence-corrected chi connectivity index (χ1v) is 11.4. The van der Waals surface area contributed by atoms with Gasteiger partial charge in [-0.25, -0.2) is 14.2 Å². The Balaban J connectivity index is 1.53. The highest BCUT2D eigenvalue weighted by molar-refractivity contribution is 5.93. The Bertz CT molecular complexity index is 1490. The lowest BCUT2D eigenvalue weighted by molar-refractivity contribution is -0.141. The van der Waals surface area contributed by atoms with E-state index < -0.39 is 22.9 Å². The van der Waals surface area contributed by atoms with E-state index in [0.717, 1.165) is 22.3 Å². The van der Waals surface area contributed by atoms with Crippen molar-refractivity contribution >= 4 is 33.9 Å². The number of methoxy groups -OCH3 is 1. The monoisotopic (exact) mass is 491 g/mol. The van der Waals surface area contributed by atoms with Crippen LogP contribution in [0.3, 0.4) is 0 Å². The molecule has 3 aromatic carbocycles. The van der Waals surface area contributed by atoms with Crippen molar-refractivity contribution in [2.24, 2.45) is 0 Å². The molecular formula is C27H26FN3O5. The number of nitrogens with zero attached hydrogens (tertiary/aromatic N) is 1. The Labute approximate surface area is 206 Å². The third kappa shape index (κ3) is 5.19. The predicted octanol–water partition coefficient (Wildman–Crippen LogP) is 4.01. The van der Waals surface area contributed by atoms with Gasteiger partial charge in [-0.05, 0) is 62.1 Å². The number of ether oxygens (including phenoxy) is 2. The third-order valence-corrected chi connectivity index (χ3v) is 5.60. The van der Waals surface area contributed by atoms with Crippen LogP contribution in [0.5, 0.6) is 5.75 Å². The first kappa shape index (κ1) is 24.8. The summed E-state index contributed by atoms with van der Waals surface area (Å²) in [6.45, 7) is 5.34. The van der Waals surface area contributed by atoms with Crippen molar-refractivity contribution in [3.63, 3.8) is 0 Å². The van der Waals surface area contributed by atoms with Gasteiger partial charge in [0, 0.05) is 23.2 Å². The molecule has 0 aliphatic heterocycles. The van der Waals surface area contributed by atoms with Gasteiger partial charge in [0.05, 0.1) is 13.2 Å². The molecule has 0 aliphatic carbocycles. The molecule has 2 N–H and O–H groups in total. The van der Waals surface area contributed by atoms with Gasteiger partial charge in [0.25, 0.3) is 10.9 Å². The Hall–Kier alpha value is -4.27. The lowest BCUT2D eigenvalue weighted by atomic mass is 10.0. The van der Waals surface area contributed by atoms with E-state index in [4.69, 9.17) is 9.47 Å². The van der Waals surface area contributed by atoms with Crippen LogP contribution in [0.15, 0.2) is 58.1 Å². The minimum Gasteiger partial charge on any atom is -0.485 e. The number of halogens is 1. The summed E-state index contributed by atoms with van der Waals surface area (Å²) in [5.74, 6) is -0.475. The number of pyridine rings is 1. The maximum absolute atomic E-state index is 13.8. The molecule has 0 fully saturated rings. The van der Waals surface area contributed by atoms with E-state index in [9.17, 15) is 18.8 Å². The molecule has 0 amide bonds. The molecule has 0 radical (unpaired) electrons. The topological polar surface area (TPSA) is 107 Å². The molecule has 4 aromatic rings. The highest BCUT2D eigenvalue weighted by Crippen LogP contribution is 2.27. The number of esters is 1. The smallest absolute Gasteiger partial charge is 0.328 e. The van der Waals surface area contributed by atoms with E-state index in [1.807, 2.05) is 37.3 Å². The zero-order valence-corrected chi connectivity index (χ0v) is 20.3. The maximum Gasteiger partial charge on any atom is 0.328 e. The number of carbonyl (C=O) groups excluding carboxylic acids is 1. The van der Waals surface area contributed by atoms with Gasteiger partial charge in [-0.15, -0.1) is 0 Å². The number of aromatic nitrogens is 1. The summed E-state index contributed by atoms with van der Waals surface area (Å²) >= 11 is 0. The van der Waals surface area contributed by atoms with Gasteiger partial charge in [0.15, 0.2) is 5.75 Å². The number of rotatable bonds is 9. The zero-order valence-electron chi connectivity index (χ0n) is 20.3. The van der Waals surface area contributed by atoms with E-state index in [2.05, 4.69) is 15.6 Å². The van der Waals surface area contributed by atoms with Crippen molar-refractivity contribution in [2.75, 3.05) is 17.7 Å². The number of hydrogen-bond acceptors (Lipinski definition) is 8. The highest BCUT2D eigenvalue weighted by Gasteiger charge is 2.29. The molecule has 1 heterocycles. The second-order valence-corrected chi connectivity index (χ2v) is 8.75. The molecule has 36 heavy (non-hydrogen) atoms. The first-order valence-electron chi connectivity index (χ1n) is 11.4. The third-order valence-electron chi connectivity index (χ3n) is 5.60. The highest BCUT2D eigenvalue weighted by atomic mass is 19.1. The Morgan fingerprint density at radius 1 is 1.06 bits per heavy atom. The van der Waals surface area contributed by atoms with Crippen LogP contribution in [0, 0.1) is 12.7 Å². The predicted molar refractivity (Wildman–Crippen MR) is 136 cm³/mol. The average Bonchev–Trinajstić information content (AvgIpc) is 2.85. The minimum atomic E-state index is -0.906. The molecule has 1 atom stereocenters. The van der Waals surface area contributed by atoms with Crippen LogP contribution >= 0.6 is 0 Å². The quantitative estimate of drug-likeness (QED) is 0.267. The molecule has 0 spiro atoms. The summed E-state index contributed by atoms with van der Waals surface area (Å²) in [5, 5.41) is 7.58. The molecule has 8 nitrogen and oxygen atoms in total. The maximum atomic E-state index is 13.8. The molecule has 4 rings (SSSR count). The fourth-order valence-corrected chi connectivity index (χ4v) is 3.91. The summed E-state index contributed by atoms with van der Waals surface area (Å²) in [5.41, 5.74) is 0.823. The van der Waals surface area contributed by atoms with E-state index in [1.165, 1.54) is 19.2 Å². The number of anilines is 3. The average molecular weight is 492 g/mol. The van der Waals surface area contributed by atoms with Crippen molar-refractivity contribution in [1.29, 1.82) is 0 Å². The lowest BCUT2D eigenvalue weighted by Gasteiger charge is -2.21. The standard InChI is InChI=1S/C27H26FN3O5/c1-14(2)36-25-22(23(32)24(25)33)31-21(27(34)35-4)12-16-5-9-19(10-6-16)30-26-20-13-18(28)8-7-17(20)11-15(3)29-26/h5-11,13-14,21,31H,12H2,1-4H3,(H,29,30). The normalized spacial score (nSPS) is 12.1. The van der Waals surface area contributed by atoms with Crippen molar-refractivity contribution in [3.05, 3.63) is 86.1 Å². The number of carbonyl (C=O) groups is 1. The van der Waals surface area contributed by atoms with Gasteiger partial charge in [-0.2, -0.15) is 0 Å². The lowest BCUT2D eigenvalue weighted by Crippen LogP contribution is -2.42. The number of nitrogens with one attached hydrogen (secondary N) is 2. The number of hydrogen-bond donors (Lipinski definition) is 2. The zero-order chi connectivity index (χ0) is 26.0. The second-order valence-electron chi connectivity index (χ2n) is 8.75. The Morgan fingerprint density at radius 3 is 2.44 bits per heavy atom. The van der Waals surface area contributed by atoms with Crippen LogP contribution < -0.4 is 26.2 Å². The van der Waals surface area contributed by atoms with E-state index in [-0.39, 0.29) is 29.8 Å². The summed E-state index contributed by atoms with van der Waals surface area (Å²) in [7, 11) is 1.25. The van der Waals surface area contributed by atoms with Crippen molar-refractivity contribution < 1.29 is 18.7 Å². The number of fused-ring (bicyclic) bond motifs is 1. The van der Waals surface area contributed by atoms with Crippen molar-refractivity contribution in [2.45, 2.75) is 39.3 Å². The van der Waals surface area contributed by atoms with Gasteiger partial charge in [0.2, 0.25) is 0 Å². The SMILES string of the molecule is COC(=O)C(Cc1ccc(Nc2nc(C)cc3ccc(F)cc23)cc1)Nc1c(OC(C)C)c(=O)c1=O. The molecule has 0 aliphatic rings.